The zero-order chi connectivity index (χ0) is 14.9. The Morgan fingerprint density at radius 2 is 1.90 bits per heavy atom. The molecule has 0 aliphatic heterocycles. The predicted molar refractivity (Wildman–Crippen MR) is 85.2 cm³/mol. The minimum Gasteiger partial charge on any atom is -0.508 e. The standard InChI is InChI=1S/C17H26N2O/c1-11(2)10-19-13(5)16(9-18-12(3)4)15-8-14(20)6-7-17(15)19/h6-8,11-12,18,20H,9-10H2,1-5H3. The van der Waals surface area contributed by atoms with Crippen molar-refractivity contribution in [3.63, 3.8) is 0 Å². The van der Waals surface area contributed by atoms with Crippen LogP contribution >= 0.6 is 0 Å². The van der Waals surface area contributed by atoms with Crippen LogP contribution in [0.15, 0.2) is 18.2 Å². The molecule has 0 aliphatic rings. The van der Waals surface area contributed by atoms with Gasteiger partial charge in [0.1, 0.15) is 5.75 Å². The van der Waals surface area contributed by atoms with Gasteiger partial charge in [0.05, 0.1) is 0 Å². The lowest BCUT2D eigenvalue weighted by Gasteiger charge is -2.12. The molecule has 1 aromatic carbocycles. The van der Waals surface area contributed by atoms with E-state index in [2.05, 4.69) is 44.5 Å². The van der Waals surface area contributed by atoms with Crippen LogP contribution in [0.1, 0.15) is 39.0 Å². The van der Waals surface area contributed by atoms with Gasteiger partial charge in [-0.2, -0.15) is 0 Å². The molecular formula is C17H26N2O. The Morgan fingerprint density at radius 3 is 2.50 bits per heavy atom. The minimum absolute atomic E-state index is 0.338. The molecule has 0 saturated heterocycles. The third-order valence-electron chi connectivity index (χ3n) is 3.67. The van der Waals surface area contributed by atoms with Crippen LogP contribution in [0.5, 0.6) is 5.75 Å². The van der Waals surface area contributed by atoms with Crippen LogP contribution in [-0.2, 0) is 13.1 Å². The van der Waals surface area contributed by atoms with Crippen molar-refractivity contribution in [2.75, 3.05) is 0 Å². The number of hydrogen-bond donors (Lipinski definition) is 2. The molecule has 2 aromatic rings. The van der Waals surface area contributed by atoms with Crippen molar-refractivity contribution in [3.05, 3.63) is 29.5 Å². The average molecular weight is 274 g/mol. The van der Waals surface area contributed by atoms with Gasteiger partial charge in [-0.05, 0) is 36.6 Å². The molecule has 110 valence electrons. The SMILES string of the molecule is Cc1c(CNC(C)C)c2cc(O)ccc2n1CC(C)C. The first kappa shape index (κ1) is 14.9. The van der Waals surface area contributed by atoms with E-state index in [0.717, 1.165) is 18.5 Å². The number of hydrogen-bond acceptors (Lipinski definition) is 2. The van der Waals surface area contributed by atoms with Crippen molar-refractivity contribution < 1.29 is 5.11 Å². The first-order valence-corrected chi connectivity index (χ1v) is 7.44. The number of fused-ring (bicyclic) bond motifs is 1. The Kier molecular flexibility index (Phi) is 4.39. The molecule has 20 heavy (non-hydrogen) atoms. The number of phenolic OH excluding ortho intramolecular Hbond substituents is 1. The van der Waals surface area contributed by atoms with Crippen LogP contribution in [0.4, 0.5) is 0 Å². The van der Waals surface area contributed by atoms with E-state index in [1.807, 2.05) is 12.1 Å². The Balaban J connectivity index is 2.53. The van der Waals surface area contributed by atoms with Gasteiger partial charge in [0.25, 0.3) is 0 Å². The van der Waals surface area contributed by atoms with Gasteiger partial charge in [0.15, 0.2) is 0 Å². The summed E-state index contributed by atoms with van der Waals surface area (Å²) >= 11 is 0. The maximum absolute atomic E-state index is 9.78. The second kappa shape index (κ2) is 5.88. The highest BCUT2D eigenvalue weighted by atomic mass is 16.3. The molecule has 0 unspecified atom stereocenters. The van der Waals surface area contributed by atoms with E-state index < -0.39 is 0 Å². The van der Waals surface area contributed by atoms with E-state index in [0.29, 0.717) is 17.7 Å². The Hall–Kier alpha value is -1.48. The highest BCUT2D eigenvalue weighted by molar-refractivity contribution is 5.86. The number of phenols is 1. The molecule has 0 aliphatic carbocycles. The van der Waals surface area contributed by atoms with Crippen molar-refractivity contribution in [1.29, 1.82) is 0 Å². The largest absolute Gasteiger partial charge is 0.508 e. The smallest absolute Gasteiger partial charge is 0.116 e. The number of nitrogens with zero attached hydrogens (tertiary/aromatic N) is 1. The van der Waals surface area contributed by atoms with Crippen molar-refractivity contribution in [2.45, 2.75) is 53.8 Å². The summed E-state index contributed by atoms with van der Waals surface area (Å²) in [7, 11) is 0. The fraction of sp³-hybridized carbons (Fsp3) is 0.529. The normalized spacial score (nSPS) is 11.9. The Morgan fingerprint density at radius 1 is 1.20 bits per heavy atom. The number of aromatic nitrogens is 1. The third kappa shape index (κ3) is 2.98. The second-order valence-corrected chi connectivity index (χ2v) is 6.31. The van der Waals surface area contributed by atoms with Crippen LogP contribution < -0.4 is 5.32 Å². The Bertz CT molecular complexity index is 597. The van der Waals surface area contributed by atoms with Crippen LogP contribution in [0.25, 0.3) is 10.9 Å². The van der Waals surface area contributed by atoms with Crippen LogP contribution in [-0.4, -0.2) is 15.7 Å². The molecule has 3 nitrogen and oxygen atoms in total. The molecule has 1 aromatic heterocycles. The topological polar surface area (TPSA) is 37.2 Å². The molecule has 0 saturated carbocycles. The lowest BCUT2D eigenvalue weighted by Crippen LogP contribution is -2.22. The lowest BCUT2D eigenvalue weighted by atomic mass is 10.1. The quantitative estimate of drug-likeness (QED) is 0.870. The molecule has 3 heteroatoms. The Labute approximate surface area is 121 Å². The summed E-state index contributed by atoms with van der Waals surface area (Å²) in [4.78, 5) is 0. The maximum atomic E-state index is 9.78. The molecule has 2 rings (SSSR count). The van der Waals surface area contributed by atoms with Gasteiger partial charge in [-0.3, -0.25) is 0 Å². The van der Waals surface area contributed by atoms with Crippen LogP contribution in [0.3, 0.4) is 0 Å². The van der Waals surface area contributed by atoms with Crippen molar-refractivity contribution in [2.24, 2.45) is 5.92 Å². The highest BCUT2D eigenvalue weighted by Crippen LogP contribution is 2.29. The zero-order valence-electron chi connectivity index (χ0n) is 13.2. The molecule has 0 atom stereocenters. The second-order valence-electron chi connectivity index (χ2n) is 6.31. The first-order chi connectivity index (χ1) is 9.40. The number of nitrogens with one attached hydrogen (secondary N) is 1. The summed E-state index contributed by atoms with van der Waals surface area (Å²) in [6, 6.07) is 6.14. The van der Waals surface area contributed by atoms with E-state index in [9.17, 15) is 5.11 Å². The molecule has 0 amide bonds. The van der Waals surface area contributed by atoms with Gasteiger partial charge < -0.3 is 15.0 Å². The van der Waals surface area contributed by atoms with Gasteiger partial charge in [-0.25, -0.2) is 0 Å². The molecule has 0 spiro atoms. The summed E-state index contributed by atoms with van der Waals surface area (Å²) in [6.45, 7) is 12.8. The average Bonchev–Trinajstić information content (AvgIpc) is 2.59. The number of rotatable bonds is 5. The van der Waals surface area contributed by atoms with Crippen molar-refractivity contribution in [1.82, 2.24) is 9.88 Å². The van der Waals surface area contributed by atoms with Crippen LogP contribution in [0, 0.1) is 12.8 Å². The number of aromatic hydroxyl groups is 1. The highest BCUT2D eigenvalue weighted by Gasteiger charge is 2.15. The summed E-state index contributed by atoms with van der Waals surface area (Å²) in [6.07, 6.45) is 0. The third-order valence-corrected chi connectivity index (χ3v) is 3.67. The summed E-state index contributed by atoms with van der Waals surface area (Å²) in [5.41, 5.74) is 3.81. The summed E-state index contributed by atoms with van der Waals surface area (Å²) in [5.74, 6) is 0.939. The van der Waals surface area contributed by atoms with Gasteiger partial charge in [-0.15, -0.1) is 0 Å². The predicted octanol–water partition coefficient (Wildman–Crippen LogP) is 3.81. The van der Waals surface area contributed by atoms with Crippen LogP contribution in [0.2, 0.25) is 0 Å². The van der Waals surface area contributed by atoms with E-state index in [4.69, 9.17) is 0 Å². The molecule has 0 bridgehead atoms. The fourth-order valence-electron chi connectivity index (χ4n) is 2.67. The van der Waals surface area contributed by atoms with Crippen molar-refractivity contribution in [3.8, 4) is 5.75 Å². The molecular weight excluding hydrogens is 248 g/mol. The molecule has 0 radical (unpaired) electrons. The monoisotopic (exact) mass is 274 g/mol. The van der Waals surface area contributed by atoms with Gasteiger partial charge in [0.2, 0.25) is 0 Å². The molecule has 1 heterocycles. The summed E-state index contributed by atoms with van der Waals surface area (Å²) in [5, 5.41) is 14.4. The van der Waals surface area contributed by atoms with Gasteiger partial charge in [0, 0.05) is 35.7 Å². The van der Waals surface area contributed by atoms with Gasteiger partial charge >= 0.3 is 0 Å². The maximum Gasteiger partial charge on any atom is 0.116 e. The van der Waals surface area contributed by atoms with E-state index in [-0.39, 0.29) is 0 Å². The van der Waals surface area contributed by atoms with E-state index >= 15 is 0 Å². The molecule has 0 fully saturated rings. The summed E-state index contributed by atoms with van der Waals surface area (Å²) < 4.78 is 2.37. The fourth-order valence-corrected chi connectivity index (χ4v) is 2.67. The first-order valence-electron chi connectivity index (χ1n) is 7.44. The van der Waals surface area contributed by atoms with Crippen molar-refractivity contribution >= 4 is 10.9 Å². The van der Waals surface area contributed by atoms with Gasteiger partial charge in [-0.1, -0.05) is 27.7 Å². The van der Waals surface area contributed by atoms with E-state index in [1.54, 1.807) is 6.07 Å². The zero-order valence-corrected chi connectivity index (χ0v) is 13.2. The lowest BCUT2D eigenvalue weighted by molar-refractivity contribution is 0.476. The minimum atomic E-state index is 0.338. The molecule has 2 N–H and O–H groups in total. The van der Waals surface area contributed by atoms with E-state index in [1.165, 1.54) is 16.8 Å². The number of benzene rings is 1.